The molecule has 2 aliphatic heterocycles. The van der Waals surface area contributed by atoms with Crippen molar-refractivity contribution in [1.29, 1.82) is 0 Å². The third-order valence-corrected chi connectivity index (χ3v) is 6.07. The first kappa shape index (κ1) is 21.2. The number of nitrogens with zero attached hydrogens (tertiary/aromatic N) is 4. The lowest BCUT2D eigenvalue weighted by molar-refractivity contribution is 0.0838. The van der Waals surface area contributed by atoms with E-state index < -0.39 is 0 Å². The molecule has 2 aliphatic rings. The zero-order chi connectivity index (χ0) is 19.9. The van der Waals surface area contributed by atoms with Crippen molar-refractivity contribution >= 4 is 5.91 Å². The molecule has 2 atom stereocenters. The Morgan fingerprint density at radius 3 is 2.82 bits per heavy atom. The van der Waals surface area contributed by atoms with Gasteiger partial charge in [-0.3, -0.25) is 4.79 Å². The van der Waals surface area contributed by atoms with E-state index >= 15 is 0 Å². The Bertz CT molecular complexity index is 628. The van der Waals surface area contributed by atoms with Gasteiger partial charge < -0.3 is 20.3 Å². The number of piperidine rings is 2. The van der Waals surface area contributed by atoms with Crippen molar-refractivity contribution in [2.45, 2.75) is 58.5 Å². The lowest BCUT2D eigenvalue weighted by atomic mass is 9.93. The predicted molar refractivity (Wildman–Crippen MR) is 108 cm³/mol. The Hall–Kier alpha value is -1.51. The van der Waals surface area contributed by atoms with Gasteiger partial charge in [-0.1, -0.05) is 12.1 Å². The van der Waals surface area contributed by atoms with Crippen LogP contribution in [0.5, 0.6) is 0 Å². The molecular formula is C20H36N6O2. The van der Waals surface area contributed by atoms with Crippen molar-refractivity contribution in [3.8, 4) is 0 Å². The first-order chi connectivity index (χ1) is 13.6. The highest BCUT2D eigenvalue weighted by Crippen LogP contribution is 2.21. The van der Waals surface area contributed by atoms with Crippen molar-refractivity contribution < 1.29 is 9.53 Å². The molecule has 2 unspecified atom stereocenters. The van der Waals surface area contributed by atoms with Gasteiger partial charge in [0.15, 0.2) is 5.69 Å². The van der Waals surface area contributed by atoms with Gasteiger partial charge in [-0.05, 0) is 58.5 Å². The van der Waals surface area contributed by atoms with E-state index in [1.807, 2.05) is 18.5 Å². The fourth-order valence-corrected chi connectivity index (χ4v) is 4.37. The number of amides is 1. The molecule has 1 aromatic heterocycles. The molecule has 8 nitrogen and oxygen atoms in total. The van der Waals surface area contributed by atoms with E-state index in [-0.39, 0.29) is 11.9 Å². The third-order valence-electron chi connectivity index (χ3n) is 6.07. The highest BCUT2D eigenvalue weighted by molar-refractivity contribution is 5.93. The molecule has 0 aliphatic carbocycles. The molecule has 8 heteroatoms. The van der Waals surface area contributed by atoms with Crippen molar-refractivity contribution in [3.63, 3.8) is 0 Å². The fourth-order valence-electron chi connectivity index (χ4n) is 4.37. The number of hydrogen-bond acceptors (Lipinski definition) is 6. The van der Waals surface area contributed by atoms with Crippen molar-refractivity contribution in [2.75, 3.05) is 45.9 Å². The smallest absolute Gasteiger partial charge is 0.273 e. The highest BCUT2D eigenvalue weighted by Gasteiger charge is 2.29. The molecule has 3 heterocycles. The monoisotopic (exact) mass is 392 g/mol. The van der Waals surface area contributed by atoms with E-state index in [1.54, 1.807) is 0 Å². The van der Waals surface area contributed by atoms with Gasteiger partial charge in [0.2, 0.25) is 0 Å². The maximum absolute atomic E-state index is 12.8. The molecular weight excluding hydrogens is 356 g/mol. The molecule has 3 rings (SSSR count). The number of aromatic nitrogens is 3. The van der Waals surface area contributed by atoms with Crippen LogP contribution in [0.25, 0.3) is 0 Å². The fraction of sp³-hybridized carbons (Fsp3) is 0.850. The summed E-state index contributed by atoms with van der Waals surface area (Å²) in [7, 11) is 0. The standard InChI is InChI=1S/C20H36N6O2/c1-4-28-13-5-11-25-12-8-18(15(2)14-25)22-20(27)19-16(3)26(24-23-19)17-6-9-21-10-7-17/h15,17-18,21H,4-14H2,1-3H3,(H,22,27). The molecule has 0 aromatic carbocycles. The molecule has 0 radical (unpaired) electrons. The molecule has 1 aromatic rings. The van der Waals surface area contributed by atoms with Crippen molar-refractivity contribution in [3.05, 3.63) is 11.4 Å². The minimum Gasteiger partial charge on any atom is -0.382 e. The summed E-state index contributed by atoms with van der Waals surface area (Å²) >= 11 is 0. The second-order valence-corrected chi connectivity index (χ2v) is 8.15. The maximum Gasteiger partial charge on any atom is 0.273 e. The number of nitrogens with one attached hydrogen (secondary N) is 2. The quantitative estimate of drug-likeness (QED) is 0.650. The Kier molecular flexibility index (Phi) is 7.82. The van der Waals surface area contributed by atoms with Gasteiger partial charge in [-0.25, -0.2) is 4.68 Å². The molecule has 2 saturated heterocycles. The maximum atomic E-state index is 12.8. The van der Waals surface area contributed by atoms with Gasteiger partial charge in [0.05, 0.1) is 11.7 Å². The van der Waals surface area contributed by atoms with Crippen LogP contribution in [0.15, 0.2) is 0 Å². The van der Waals surface area contributed by atoms with E-state index in [2.05, 4.69) is 32.8 Å². The summed E-state index contributed by atoms with van der Waals surface area (Å²) in [6.07, 6.45) is 4.10. The first-order valence-corrected chi connectivity index (χ1v) is 10.8. The predicted octanol–water partition coefficient (Wildman–Crippen LogP) is 1.38. The van der Waals surface area contributed by atoms with Crippen LogP contribution in [0.4, 0.5) is 0 Å². The van der Waals surface area contributed by atoms with Gasteiger partial charge in [0, 0.05) is 38.9 Å². The van der Waals surface area contributed by atoms with Gasteiger partial charge >= 0.3 is 0 Å². The SMILES string of the molecule is CCOCCCN1CCC(NC(=O)c2nnn(C3CCNCC3)c2C)C(C)C1. The highest BCUT2D eigenvalue weighted by atomic mass is 16.5. The van der Waals surface area contributed by atoms with Gasteiger partial charge in [0.25, 0.3) is 5.91 Å². The largest absolute Gasteiger partial charge is 0.382 e. The number of rotatable bonds is 8. The number of ether oxygens (including phenoxy) is 1. The van der Waals surface area contributed by atoms with Crippen molar-refractivity contribution in [2.24, 2.45) is 5.92 Å². The normalized spacial score (nSPS) is 24.4. The molecule has 1 amide bonds. The number of likely N-dealkylation sites (tertiary alicyclic amines) is 1. The van der Waals surface area contributed by atoms with E-state index in [4.69, 9.17) is 4.74 Å². The third kappa shape index (κ3) is 5.30. The minimum atomic E-state index is -0.0840. The topological polar surface area (TPSA) is 84.3 Å². The summed E-state index contributed by atoms with van der Waals surface area (Å²) in [5.41, 5.74) is 1.36. The number of carbonyl (C=O) groups is 1. The summed E-state index contributed by atoms with van der Waals surface area (Å²) in [5, 5.41) is 15.1. The molecule has 0 saturated carbocycles. The average molecular weight is 393 g/mol. The molecule has 28 heavy (non-hydrogen) atoms. The Morgan fingerprint density at radius 1 is 1.32 bits per heavy atom. The Balaban J connectivity index is 1.50. The van der Waals surface area contributed by atoms with E-state index in [0.29, 0.717) is 17.7 Å². The Morgan fingerprint density at radius 2 is 2.11 bits per heavy atom. The van der Waals surface area contributed by atoms with Gasteiger partial charge in [-0.2, -0.15) is 0 Å². The lowest BCUT2D eigenvalue weighted by Gasteiger charge is -2.37. The summed E-state index contributed by atoms with van der Waals surface area (Å²) in [4.78, 5) is 15.3. The van der Waals surface area contributed by atoms with Crippen LogP contribution in [-0.2, 0) is 4.74 Å². The molecule has 0 bridgehead atoms. The minimum absolute atomic E-state index is 0.0840. The van der Waals surface area contributed by atoms with E-state index in [0.717, 1.165) is 77.3 Å². The van der Waals surface area contributed by atoms with Crippen LogP contribution in [0, 0.1) is 12.8 Å². The zero-order valence-corrected chi connectivity index (χ0v) is 17.6. The van der Waals surface area contributed by atoms with Crippen LogP contribution < -0.4 is 10.6 Å². The molecule has 2 N–H and O–H groups in total. The number of carbonyl (C=O) groups excluding carboxylic acids is 1. The van der Waals surface area contributed by atoms with Gasteiger partial charge in [-0.15, -0.1) is 5.10 Å². The molecule has 2 fully saturated rings. The molecule has 0 spiro atoms. The van der Waals surface area contributed by atoms with Crippen LogP contribution in [0.2, 0.25) is 0 Å². The molecule has 158 valence electrons. The van der Waals surface area contributed by atoms with Crippen LogP contribution in [-0.4, -0.2) is 77.8 Å². The van der Waals surface area contributed by atoms with Crippen LogP contribution in [0.1, 0.15) is 61.8 Å². The average Bonchev–Trinajstić information content (AvgIpc) is 3.09. The van der Waals surface area contributed by atoms with Crippen molar-refractivity contribution in [1.82, 2.24) is 30.5 Å². The van der Waals surface area contributed by atoms with E-state index in [1.165, 1.54) is 0 Å². The second kappa shape index (κ2) is 10.3. The zero-order valence-electron chi connectivity index (χ0n) is 17.6. The summed E-state index contributed by atoms with van der Waals surface area (Å²) in [5.74, 6) is 0.337. The second-order valence-electron chi connectivity index (χ2n) is 8.15. The van der Waals surface area contributed by atoms with Crippen LogP contribution in [0.3, 0.4) is 0 Å². The van der Waals surface area contributed by atoms with Crippen LogP contribution >= 0.6 is 0 Å². The van der Waals surface area contributed by atoms with Gasteiger partial charge in [0.1, 0.15) is 0 Å². The Labute approximate surface area is 168 Å². The summed E-state index contributed by atoms with van der Waals surface area (Å²) in [6, 6.07) is 0.535. The number of hydrogen-bond donors (Lipinski definition) is 2. The summed E-state index contributed by atoms with van der Waals surface area (Å²) in [6.45, 7) is 12.9. The summed E-state index contributed by atoms with van der Waals surface area (Å²) < 4.78 is 7.37. The van der Waals surface area contributed by atoms with E-state index in [9.17, 15) is 4.79 Å². The lowest BCUT2D eigenvalue weighted by Crippen LogP contribution is -2.50. The first-order valence-electron chi connectivity index (χ1n) is 10.8.